The summed E-state index contributed by atoms with van der Waals surface area (Å²) in [5.41, 5.74) is 3.99. The van der Waals surface area contributed by atoms with E-state index in [2.05, 4.69) is 10.3 Å². The third kappa shape index (κ3) is 6.41. The Labute approximate surface area is 201 Å². The highest BCUT2D eigenvalue weighted by Crippen LogP contribution is 2.35. The summed E-state index contributed by atoms with van der Waals surface area (Å²) < 4.78 is 15.6. The monoisotopic (exact) mass is 482 g/mol. The number of anilines is 1. The lowest BCUT2D eigenvalue weighted by Crippen LogP contribution is -2.21. The molecule has 0 saturated heterocycles. The van der Waals surface area contributed by atoms with Crippen molar-refractivity contribution < 1.29 is 28.6 Å². The number of ketones is 1. The van der Waals surface area contributed by atoms with E-state index < -0.39 is 18.5 Å². The van der Waals surface area contributed by atoms with Gasteiger partial charge in [-0.2, -0.15) is 0 Å². The molecule has 0 saturated carbocycles. The summed E-state index contributed by atoms with van der Waals surface area (Å²) in [6, 6.07) is 10.8. The molecule has 3 rings (SSSR count). The van der Waals surface area contributed by atoms with Crippen molar-refractivity contribution in [2.45, 2.75) is 26.7 Å². The predicted octanol–water partition coefficient (Wildman–Crippen LogP) is 4.59. The number of esters is 1. The normalized spacial score (nSPS) is 10.5. The van der Waals surface area contributed by atoms with Crippen molar-refractivity contribution in [3.05, 3.63) is 58.5 Å². The van der Waals surface area contributed by atoms with E-state index in [9.17, 15) is 14.4 Å². The molecular weight excluding hydrogens is 456 g/mol. The van der Waals surface area contributed by atoms with Gasteiger partial charge < -0.3 is 14.2 Å². The van der Waals surface area contributed by atoms with E-state index in [0.29, 0.717) is 27.9 Å². The summed E-state index contributed by atoms with van der Waals surface area (Å²) in [4.78, 5) is 40.9. The lowest BCUT2D eigenvalue weighted by atomic mass is 10.0. The molecule has 8 nitrogen and oxygen atoms in total. The molecule has 0 bridgehead atoms. The molecule has 0 radical (unpaired) electrons. The first-order valence-corrected chi connectivity index (χ1v) is 11.4. The highest BCUT2D eigenvalue weighted by Gasteiger charge is 2.15. The van der Waals surface area contributed by atoms with Gasteiger partial charge in [0.2, 0.25) is 0 Å². The number of aryl methyl sites for hydroxylation is 2. The van der Waals surface area contributed by atoms with Crippen molar-refractivity contribution in [3.63, 3.8) is 0 Å². The van der Waals surface area contributed by atoms with Crippen LogP contribution >= 0.6 is 11.3 Å². The number of carbonyl (C=O) groups excluding carboxylic acids is 3. The summed E-state index contributed by atoms with van der Waals surface area (Å²) in [5.74, 6) is -0.0149. The molecule has 1 N–H and O–H groups in total. The van der Waals surface area contributed by atoms with Gasteiger partial charge in [-0.05, 0) is 49.2 Å². The van der Waals surface area contributed by atoms with Gasteiger partial charge in [-0.25, -0.2) is 4.98 Å². The Morgan fingerprint density at radius 3 is 2.47 bits per heavy atom. The van der Waals surface area contributed by atoms with Crippen molar-refractivity contribution in [1.82, 2.24) is 4.98 Å². The molecule has 0 aliphatic rings. The van der Waals surface area contributed by atoms with E-state index in [4.69, 9.17) is 14.2 Å². The molecule has 34 heavy (non-hydrogen) atoms. The van der Waals surface area contributed by atoms with Gasteiger partial charge in [0.1, 0.15) is 11.5 Å². The van der Waals surface area contributed by atoms with E-state index in [1.807, 2.05) is 19.9 Å². The van der Waals surface area contributed by atoms with Gasteiger partial charge in [-0.15, -0.1) is 11.3 Å². The SMILES string of the molecule is COc1ccc(OC)c(-c2csc(NC(=O)COC(=O)CCC(=O)c3ccc(C)c(C)c3)n2)c1. The third-order valence-corrected chi connectivity index (χ3v) is 5.94. The lowest BCUT2D eigenvalue weighted by molar-refractivity contribution is -0.147. The number of rotatable bonds is 10. The van der Waals surface area contributed by atoms with E-state index in [1.54, 1.807) is 49.9 Å². The van der Waals surface area contributed by atoms with Crippen molar-refractivity contribution >= 4 is 34.1 Å². The van der Waals surface area contributed by atoms with Crippen LogP contribution in [0.1, 0.15) is 34.3 Å². The average Bonchev–Trinajstić information content (AvgIpc) is 3.30. The van der Waals surface area contributed by atoms with Crippen LogP contribution in [-0.4, -0.2) is 43.5 Å². The molecule has 0 spiro atoms. The van der Waals surface area contributed by atoms with Gasteiger partial charge in [-0.1, -0.05) is 12.1 Å². The zero-order valence-corrected chi connectivity index (χ0v) is 20.3. The lowest BCUT2D eigenvalue weighted by Gasteiger charge is -2.08. The third-order valence-electron chi connectivity index (χ3n) is 5.18. The minimum Gasteiger partial charge on any atom is -0.497 e. The molecule has 178 valence electrons. The Hall–Kier alpha value is -3.72. The molecule has 1 aromatic heterocycles. The van der Waals surface area contributed by atoms with Gasteiger partial charge in [0.15, 0.2) is 17.5 Å². The van der Waals surface area contributed by atoms with Crippen LogP contribution in [0.15, 0.2) is 41.8 Å². The molecule has 0 atom stereocenters. The molecule has 1 amide bonds. The van der Waals surface area contributed by atoms with E-state index in [0.717, 1.165) is 16.7 Å². The fourth-order valence-corrected chi connectivity index (χ4v) is 3.84. The maximum Gasteiger partial charge on any atom is 0.306 e. The van der Waals surface area contributed by atoms with E-state index in [1.165, 1.54) is 11.3 Å². The average molecular weight is 483 g/mol. The van der Waals surface area contributed by atoms with Crippen molar-refractivity contribution in [2.24, 2.45) is 0 Å². The van der Waals surface area contributed by atoms with Gasteiger partial charge >= 0.3 is 5.97 Å². The molecule has 9 heteroatoms. The zero-order valence-electron chi connectivity index (χ0n) is 19.5. The van der Waals surface area contributed by atoms with E-state index >= 15 is 0 Å². The first kappa shape index (κ1) is 24.9. The summed E-state index contributed by atoms with van der Waals surface area (Å²) >= 11 is 1.23. The van der Waals surface area contributed by atoms with Crippen LogP contribution in [0.4, 0.5) is 5.13 Å². The molecule has 3 aromatic rings. The maximum absolute atomic E-state index is 12.3. The Morgan fingerprint density at radius 1 is 0.971 bits per heavy atom. The van der Waals surface area contributed by atoms with Gasteiger partial charge in [0.25, 0.3) is 5.91 Å². The summed E-state index contributed by atoms with van der Waals surface area (Å²) in [6.45, 7) is 3.43. The Morgan fingerprint density at radius 2 is 1.76 bits per heavy atom. The number of benzene rings is 2. The van der Waals surface area contributed by atoms with Gasteiger partial charge in [-0.3, -0.25) is 19.7 Å². The van der Waals surface area contributed by atoms with Crippen molar-refractivity contribution in [3.8, 4) is 22.8 Å². The number of nitrogens with zero attached hydrogens (tertiary/aromatic N) is 1. The van der Waals surface area contributed by atoms with Gasteiger partial charge in [0.05, 0.1) is 26.3 Å². The van der Waals surface area contributed by atoms with Crippen LogP contribution in [0.25, 0.3) is 11.3 Å². The Balaban J connectivity index is 1.49. The number of aromatic nitrogens is 1. The molecule has 0 fully saturated rings. The van der Waals surface area contributed by atoms with E-state index in [-0.39, 0.29) is 18.6 Å². The zero-order chi connectivity index (χ0) is 24.7. The summed E-state index contributed by atoms with van der Waals surface area (Å²) in [7, 11) is 3.13. The standard InChI is InChI=1S/C25H26N2O6S/c1-15-5-6-17(11-16(15)2)21(28)8-10-24(30)33-13-23(29)27-25-26-20(14-34-25)19-12-18(31-3)7-9-22(19)32-4/h5-7,9,11-12,14H,8,10,13H2,1-4H3,(H,26,27,29). The molecule has 2 aromatic carbocycles. The number of amides is 1. The summed E-state index contributed by atoms with van der Waals surface area (Å²) in [5, 5.41) is 4.74. The number of hydrogen-bond donors (Lipinski definition) is 1. The number of thiazole rings is 1. The topological polar surface area (TPSA) is 104 Å². The number of Topliss-reactive ketones (excluding diaryl/α,β-unsaturated/α-hetero) is 1. The highest BCUT2D eigenvalue weighted by atomic mass is 32.1. The predicted molar refractivity (Wildman–Crippen MR) is 130 cm³/mol. The first-order chi connectivity index (χ1) is 16.3. The molecular formula is C25H26N2O6S. The Kier molecular flexibility index (Phi) is 8.37. The molecule has 0 unspecified atom stereocenters. The van der Waals surface area contributed by atoms with Crippen LogP contribution in [0.3, 0.4) is 0 Å². The van der Waals surface area contributed by atoms with Crippen molar-refractivity contribution in [1.29, 1.82) is 0 Å². The number of methoxy groups -OCH3 is 2. The van der Waals surface area contributed by atoms with Crippen LogP contribution in [0.5, 0.6) is 11.5 Å². The highest BCUT2D eigenvalue weighted by molar-refractivity contribution is 7.14. The smallest absolute Gasteiger partial charge is 0.306 e. The fraction of sp³-hybridized carbons (Fsp3) is 0.280. The number of hydrogen-bond acceptors (Lipinski definition) is 8. The second-order valence-corrected chi connectivity index (χ2v) is 8.39. The number of nitrogens with one attached hydrogen (secondary N) is 1. The van der Waals surface area contributed by atoms with Crippen LogP contribution in [0, 0.1) is 13.8 Å². The number of carbonyl (C=O) groups is 3. The van der Waals surface area contributed by atoms with Crippen LogP contribution < -0.4 is 14.8 Å². The quantitative estimate of drug-likeness (QED) is 0.333. The second-order valence-electron chi connectivity index (χ2n) is 7.54. The number of ether oxygens (including phenoxy) is 3. The fourth-order valence-electron chi connectivity index (χ4n) is 3.12. The maximum atomic E-state index is 12.3. The molecule has 0 aliphatic heterocycles. The first-order valence-electron chi connectivity index (χ1n) is 10.5. The second kappa shape index (κ2) is 11.4. The van der Waals surface area contributed by atoms with Crippen LogP contribution in [0.2, 0.25) is 0 Å². The Bertz CT molecular complexity index is 1200. The minimum atomic E-state index is -0.617. The largest absolute Gasteiger partial charge is 0.497 e. The minimum absolute atomic E-state index is 0.0150. The molecule has 1 heterocycles. The van der Waals surface area contributed by atoms with Gasteiger partial charge in [0, 0.05) is 22.9 Å². The van der Waals surface area contributed by atoms with Crippen LogP contribution in [-0.2, 0) is 14.3 Å². The molecule has 0 aliphatic carbocycles. The van der Waals surface area contributed by atoms with Crippen molar-refractivity contribution in [2.75, 3.05) is 26.1 Å². The summed E-state index contributed by atoms with van der Waals surface area (Å²) in [6.07, 6.45) is -0.0861.